The van der Waals surface area contributed by atoms with Crippen molar-refractivity contribution in [3.63, 3.8) is 0 Å². The molecule has 1 unspecified atom stereocenters. The molecule has 1 N–H and O–H groups in total. The zero-order valence-corrected chi connectivity index (χ0v) is 14.0. The van der Waals surface area contributed by atoms with Crippen LogP contribution in [0.5, 0.6) is 11.5 Å². The summed E-state index contributed by atoms with van der Waals surface area (Å²) in [4.78, 5) is 0. The Morgan fingerprint density at radius 2 is 2.17 bits per heavy atom. The van der Waals surface area contributed by atoms with Gasteiger partial charge in [0.05, 0.1) is 18.4 Å². The highest BCUT2D eigenvalue weighted by Crippen LogP contribution is 2.33. The van der Waals surface area contributed by atoms with Gasteiger partial charge in [0.25, 0.3) is 0 Å². The molecule has 5 nitrogen and oxygen atoms in total. The van der Waals surface area contributed by atoms with E-state index in [9.17, 15) is 0 Å². The van der Waals surface area contributed by atoms with Crippen LogP contribution >= 0.6 is 0 Å². The molecule has 0 spiro atoms. The Labute approximate surface area is 137 Å². The maximum atomic E-state index is 5.94. The largest absolute Gasteiger partial charge is 0.493 e. The van der Waals surface area contributed by atoms with Crippen molar-refractivity contribution in [3.8, 4) is 11.5 Å². The fourth-order valence-corrected chi connectivity index (χ4v) is 3.05. The summed E-state index contributed by atoms with van der Waals surface area (Å²) >= 11 is 0. The van der Waals surface area contributed by atoms with Crippen molar-refractivity contribution in [2.75, 3.05) is 20.2 Å². The second-order valence-corrected chi connectivity index (χ2v) is 6.04. The number of hydrogen-bond acceptors (Lipinski definition) is 5. The zero-order valence-electron chi connectivity index (χ0n) is 14.0. The molecular weight excluding hydrogens is 292 g/mol. The average molecular weight is 316 g/mol. The number of aryl methyl sites for hydroxylation is 2. The first kappa shape index (κ1) is 15.9. The zero-order chi connectivity index (χ0) is 16.2. The molecule has 3 rings (SSSR count). The summed E-state index contributed by atoms with van der Waals surface area (Å²) in [5.41, 5.74) is 3.16. The normalized spacial score (nSPS) is 18.0. The minimum absolute atomic E-state index is 0.432. The Morgan fingerprint density at radius 3 is 2.83 bits per heavy atom. The van der Waals surface area contributed by atoms with E-state index in [1.807, 2.05) is 19.9 Å². The molecule has 1 fully saturated rings. The highest BCUT2D eigenvalue weighted by molar-refractivity contribution is 5.44. The number of ether oxygens (including phenoxy) is 2. The lowest BCUT2D eigenvalue weighted by Crippen LogP contribution is -2.28. The maximum absolute atomic E-state index is 5.94. The molecule has 0 saturated carbocycles. The van der Waals surface area contributed by atoms with E-state index >= 15 is 0 Å². The van der Waals surface area contributed by atoms with Crippen molar-refractivity contribution in [3.05, 3.63) is 40.8 Å². The molecule has 2 heterocycles. The highest BCUT2D eigenvalue weighted by atomic mass is 16.5. The molecule has 23 heavy (non-hydrogen) atoms. The summed E-state index contributed by atoms with van der Waals surface area (Å²) in [5, 5.41) is 7.41. The molecule has 0 radical (unpaired) electrons. The molecule has 124 valence electrons. The van der Waals surface area contributed by atoms with Crippen LogP contribution in [0.15, 0.2) is 22.7 Å². The van der Waals surface area contributed by atoms with Gasteiger partial charge in [-0.15, -0.1) is 0 Å². The van der Waals surface area contributed by atoms with Gasteiger partial charge in [0.1, 0.15) is 12.4 Å². The molecule has 0 amide bonds. The lowest BCUT2D eigenvalue weighted by atomic mass is 9.91. The number of methoxy groups -OCH3 is 1. The standard InChI is InChI=1S/C18H24N2O3/c1-12-16(13(2)23-20-12)11-22-17-7-6-14(9-18(17)21-3)15-5-4-8-19-10-15/h6-7,9,15,19H,4-5,8,10-11H2,1-3H3. The van der Waals surface area contributed by atoms with Crippen LogP contribution in [0.25, 0.3) is 0 Å². The lowest BCUT2D eigenvalue weighted by molar-refractivity contribution is 0.281. The second-order valence-electron chi connectivity index (χ2n) is 6.04. The topological polar surface area (TPSA) is 56.5 Å². The number of benzene rings is 1. The molecule has 0 bridgehead atoms. The average Bonchev–Trinajstić information content (AvgIpc) is 2.92. The fraction of sp³-hybridized carbons (Fsp3) is 0.500. The van der Waals surface area contributed by atoms with Crippen LogP contribution in [0.3, 0.4) is 0 Å². The summed E-state index contributed by atoms with van der Waals surface area (Å²) in [5.74, 6) is 2.88. The number of hydrogen-bond donors (Lipinski definition) is 1. The molecule has 2 aromatic rings. The molecule has 1 saturated heterocycles. The SMILES string of the molecule is COc1cc(C2CCCNC2)ccc1OCc1c(C)noc1C. The van der Waals surface area contributed by atoms with E-state index in [0.29, 0.717) is 12.5 Å². The summed E-state index contributed by atoms with van der Waals surface area (Å²) in [7, 11) is 1.68. The monoisotopic (exact) mass is 316 g/mol. The summed E-state index contributed by atoms with van der Waals surface area (Å²) in [6.45, 7) is 6.40. The summed E-state index contributed by atoms with van der Waals surface area (Å²) in [6, 6.07) is 6.24. The van der Waals surface area contributed by atoms with Gasteiger partial charge in [-0.1, -0.05) is 11.2 Å². The van der Waals surface area contributed by atoms with E-state index in [2.05, 4.69) is 22.6 Å². The molecule has 1 aromatic carbocycles. The van der Waals surface area contributed by atoms with E-state index in [4.69, 9.17) is 14.0 Å². The van der Waals surface area contributed by atoms with Gasteiger partial charge < -0.3 is 19.3 Å². The number of piperidine rings is 1. The maximum Gasteiger partial charge on any atom is 0.161 e. The van der Waals surface area contributed by atoms with Gasteiger partial charge >= 0.3 is 0 Å². The van der Waals surface area contributed by atoms with Gasteiger partial charge in [-0.3, -0.25) is 0 Å². The molecule has 5 heteroatoms. The predicted octanol–water partition coefficient (Wildman–Crippen LogP) is 3.35. The van der Waals surface area contributed by atoms with Crippen molar-refractivity contribution in [1.82, 2.24) is 10.5 Å². The molecule has 0 aliphatic carbocycles. The quantitative estimate of drug-likeness (QED) is 0.917. The van der Waals surface area contributed by atoms with Gasteiger partial charge in [0.15, 0.2) is 11.5 Å². The fourth-order valence-electron chi connectivity index (χ4n) is 3.05. The third kappa shape index (κ3) is 3.50. The van der Waals surface area contributed by atoms with Gasteiger partial charge in [-0.25, -0.2) is 0 Å². The first-order chi connectivity index (χ1) is 11.2. The van der Waals surface area contributed by atoms with Gasteiger partial charge in [-0.05, 0) is 56.8 Å². The molecular formula is C18H24N2O3. The lowest BCUT2D eigenvalue weighted by Gasteiger charge is -2.24. The Morgan fingerprint density at radius 1 is 1.30 bits per heavy atom. The molecule has 1 atom stereocenters. The van der Waals surface area contributed by atoms with Crippen LogP contribution in [0.2, 0.25) is 0 Å². The van der Waals surface area contributed by atoms with Crippen LogP contribution in [0.1, 0.15) is 41.3 Å². The van der Waals surface area contributed by atoms with Crippen LogP contribution < -0.4 is 14.8 Å². The van der Waals surface area contributed by atoms with E-state index in [1.165, 1.54) is 18.4 Å². The van der Waals surface area contributed by atoms with Gasteiger partial charge in [0.2, 0.25) is 0 Å². The minimum atomic E-state index is 0.432. The Bertz CT molecular complexity index is 641. The number of nitrogens with one attached hydrogen (secondary N) is 1. The second kappa shape index (κ2) is 7.04. The molecule has 1 aliphatic rings. The van der Waals surface area contributed by atoms with Crippen molar-refractivity contribution in [2.45, 2.75) is 39.2 Å². The summed E-state index contributed by atoms with van der Waals surface area (Å²) in [6.07, 6.45) is 2.44. The van der Waals surface area contributed by atoms with Crippen LogP contribution in [0.4, 0.5) is 0 Å². The first-order valence-corrected chi connectivity index (χ1v) is 8.12. The third-order valence-corrected chi connectivity index (χ3v) is 4.51. The van der Waals surface area contributed by atoms with E-state index in [1.54, 1.807) is 7.11 Å². The van der Waals surface area contributed by atoms with E-state index < -0.39 is 0 Å². The van der Waals surface area contributed by atoms with Gasteiger partial charge in [-0.2, -0.15) is 0 Å². The van der Waals surface area contributed by atoms with Crippen molar-refractivity contribution < 1.29 is 14.0 Å². The number of nitrogens with zero attached hydrogens (tertiary/aromatic N) is 1. The van der Waals surface area contributed by atoms with Crippen LogP contribution in [0, 0.1) is 13.8 Å². The van der Waals surface area contributed by atoms with Crippen LogP contribution in [-0.4, -0.2) is 25.4 Å². The summed E-state index contributed by atoms with van der Waals surface area (Å²) < 4.78 is 16.6. The Balaban J connectivity index is 1.74. The predicted molar refractivity (Wildman–Crippen MR) is 88.1 cm³/mol. The molecule has 1 aliphatic heterocycles. The smallest absolute Gasteiger partial charge is 0.161 e. The first-order valence-electron chi connectivity index (χ1n) is 8.12. The van der Waals surface area contributed by atoms with E-state index in [0.717, 1.165) is 41.6 Å². The minimum Gasteiger partial charge on any atom is -0.493 e. The van der Waals surface area contributed by atoms with Gasteiger partial charge in [0, 0.05) is 6.54 Å². The van der Waals surface area contributed by atoms with Crippen molar-refractivity contribution >= 4 is 0 Å². The third-order valence-electron chi connectivity index (χ3n) is 4.51. The number of aromatic nitrogens is 1. The van der Waals surface area contributed by atoms with Crippen molar-refractivity contribution in [2.24, 2.45) is 0 Å². The highest BCUT2D eigenvalue weighted by Gasteiger charge is 2.18. The Hall–Kier alpha value is -2.01. The van der Waals surface area contributed by atoms with E-state index in [-0.39, 0.29) is 0 Å². The molecule has 1 aromatic heterocycles. The number of rotatable bonds is 5. The van der Waals surface area contributed by atoms with Crippen molar-refractivity contribution in [1.29, 1.82) is 0 Å². The Kier molecular flexibility index (Phi) is 4.86. The van der Waals surface area contributed by atoms with Crippen LogP contribution in [-0.2, 0) is 6.61 Å².